The van der Waals surface area contributed by atoms with Crippen LogP contribution in [-0.2, 0) is 17.1 Å². The fraction of sp³-hybridized carbons (Fsp3) is 0.350. The standard InChI is InChI=1S/C20H22N4O3S/c1-14(25)15-7-9-17(10-8-15)28(26,27)24-12-4-5-16(13-24)19-18-6-3-11-21-20(18)23(2)22-19/h3,6-11,16H,4-5,12-13H2,1-2H3/t16-/m1/s1. The molecule has 3 aromatic rings. The molecule has 1 atom stereocenters. The zero-order valence-corrected chi connectivity index (χ0v) is 16.7. The number of sulfonamides is 1. The first-order valence-electron chi connectivity index (χ1n) is 9.26. The molecule has 4 rings (SSSR count). The Hall–Kier alpha value is -2.58. The zero-order valence-electron chi connectivity index (χ0n) is 15.9. The maximum Gasteiger partial charge on any atom is 0.243 e. The monoisotopic (exact) mass is 398 g/mol. The molecule has 0 unspecified atom stereocenters. The highest BCUT2D eigenvalue weighted by Crippen LogP contribution is 2.33. The number of carbonyl (C=O) groups excluding carboxylic acids is 1. The molecule has 3 heterocycles. The molecule has 0 bridgehead atoms. The van der Waals surface area contributed by atoms with Gasteiger partial charge >= 0.3 is 0 Å². The van der Waals surface area contributed by atoms with Crippen LogP contribution in [0.25, 0.3) is 11.0 Å². The van der Waals surface area contributed by atoms with Crippen molar-refractivity contribution in [2.75, 3.05) is 13.1 Å². The maximum absolute atomic E-state index is 13.1. The largest absolute Gasteiger partial charge is 0.295 e. The number of fused-ring (bicyclic) bond motifs is 1. The second kappa shape index (κ2) is 7.10. The summed E-state index contributed by atoms with van der Waals surface area (Å²) >= 11 is 0. The summed E-state index contributed by atoms with van der Waals surface area (Å²) in [6.07, 6.45) is 3.39. The fourth-order valence-corrected chi connectivity index (χ4v) is 5.34. The molecule has 0 aliphatic carbocycles. The van der Waals surface area contributed by atoms with Crippen LogP contribution >= 0.6 is 0 Å². The van der Waals surface area contributed by atoms with E-state index in [9.17, 15) is 13.2 Å². The van der Waals surface area contributed by atoms with Gasteiger partial charge in [-0.1, -0.05) is 12.1 Å². The Morgan fingerprint density at radius 3 is 2.64 bits per heavy atom. The van der Waals surface area contributed by atoms with Crippen molar-refractivity contribution in [3.63, 3.8) is 0 Å². The number of aromatic nitrogens is 3. The minimum atomic E-state index is -3.62. The molecule has 0 N–H and O–H groups in total. The molecule has 0 spiro atoms. The van der Waals surface area contributed by atoms with Gasteiger partial charge in [-0.15, -0.1) is 0 Å². The van der Waals surface area contributed by atoms with Gasteiger partial charge in [0.1, 0.15) is 0 Å². The molecule has 8 heteroatoms. The van der Waals surface area contributed by atoms with E-state index < -0.39 is 10.0 Å². The van der Waals surface area contributed by atoms with Crippen LogP contribution < -0.4 is 0 Å². The summed E-state index contributed by atoms with van der Waals surface area (Å²) in [6.45, 7) is 2.33. The lowest BCUT2D eigenvalue weighted by atomic mass is 9.94. The normalized spacial score (nSPS) is 18.4. The Bertz CT molecular complexity index is 1140. The maximum atomic E-state index is 13.1. The topological polar surface area (TPSA) is 85.2 Å². The summed E-state index contributed by atoms with van der Waals surface area (Å²) in [5, 5.41) is 5.60. The Balaban J connectivity index is 1.63. The third-order valence-electron chi connectivity index (χ3n) is 5.30. The minimum absolute atomic E-state index is 0.0212. The predicted molar refractivity (Wildman–Crippen MR) is 106 cm³/mol. The summed E-state index contributed by atoms with van der Waals surface area (Å²) < 4.78 is 29.5. The van der Waals surface area contributed by atoms with Gasteiger partial charge in [-0.2, -0.15) is 9.40 Å². The smallest absolute Gasteiger partial charge is 0.243 e. The minimum Gasteiger partial charge on any atom is -0.295 e. The number of nitrogens with zero attached hydrogens (tertiary/aromatic N) is 4. The van der Waals surface area contributed by atoms with Gasteiger partial charge in [0.25, 0.3) is 0 Å². The number of hydrogen-bond donors (Lipinski definition) is 0. The number of benzene rings is 1. The van der Waals surface area contributed by atoms with E-state index in [-0.39, 0.29) is 16.6 Å². The lowest BCUT2D eigenvalue weighted by Gasteiger charge is -2.31. The first-order valence-corrected chi connectivity index (χ1v) is 10.7. The number of pyridine rings is 1. The van der Waals surface area contributed by atoms with Crippen LogP contribution in [0.15, 0.2) is 47.5 Å². The molecule has 146 valence electrons. The third-order valence-corrected chi connectivity index (χ3v) is 7.18. The van der Waals surface area contributed by atoms with Crippen molar-refractivity contribution in [3.8, 4) is 0 Å². The SMILES string of the molecule is CC(=O)c1ccc(S(=O)(=O)N2CCC[C@@H](c3nn(C)c4ncccc34)C2)cc1. The number of hydrogen-bond acceptors (Lipinski definition) is 5. The van der Waals surface area contributed by atoms with E-state index in [1.54, 1.807) is 23.0 Å². The number of piperidine rings is 1. The van der Waals surface area contributed by atoms with E-state index in [0.717, 1.165) is 29.6 Å². The molecule has 7 nitrogen and oxygen atoms in total. The number of aryl methyl sites for hydroxylation is 1. The van der Waals surface area contributed by atoms with Crippen molar-refractivity contribution < 1.29 is 13.2 Å². The van der Waals surface area contributed by atoms with Gasteiger partial charge in [0.05, 0.1) is 10.6 Å². The highest BCUT2D eigenvalue weighted by molar-refractivity contribution is 7.89. The zero-order chi connectivity index (χ0) is 19.9. The number of Topliss-reactive ketones (excluding diaryl/α,β-unsaturated/α-hetero) is 1. The molecule has 1 aromatic carbocycles. The Kier molecular flexibility index (Phi) is 4.76. The lowest BCUT2D eigenvalue weighted by Crippen LogP contribution is -2.39. The van der Waals surface area contributed by atoms with Crippen molar-refractivity contribution in [1.29, 1.82) is 0 Å². The summed E-state index contributed by atoms with van der Waals surface area (Å²) in [5.41, 5.74) is 2.21. The summed E-state index contributed by atoms with van der Waals surface area (Å²) in [4.78, 5) is 16.0. The Labute approximate surface area is 164 Å². The second-order valence-electron chi connectivity index (χ2n) is 7.17. The Morgan fingerprint density at radius 2 is 1.93 bits per heavy atom. The van der Waals surface area contributed by atoms with Crippen molar-refractivity contribution >= 4 is 26.8 Å². The second-order valence-corrected chi connectivity index (χ2v) is 9.10. The van der Waals surface area contributed by atoms with E-state index in [2.05, 4.69) is 10.1 Å². The first kappa shape index (κ1) is 18.8. The van der Waals surface area contributed by atoms with E-state index in [0.29, 0.717) is 18.7 Å². The van der Waals surface area contributed by atoms with Gasteiger partial charge in [0, 0.05) is 43.2 Å². The van der Waals surface area contributed by atoms with Crippen molar-refractivity contribution in [2.24, 2.45) is 7.05 Å². The molecule has 1 fully saturated rings. The van der Waals surface area contributed by atoms with Gasteiger partial charge in [0.15, 0.2) is 11.4 Å². The Morgan fingerprint density at radius 1 is 1.18 bits per heavy atom. The molecule has 1 saturated heterocycles. The summed E-state index contributed by atoms with van der Waals surface area (Å²) in [6, 6.07) is 10.0. The van der Waals surface area contributed by atoms with Crippen LogP contribution in [0.1, 0.15) is 41.7 Å². The molecule has 0 amide bonds. The number of carbonyl (C=O) groups is 1. The summed E-state index contributed by atoms with van der Waals surface area (Å²) in [5.74, 6) is -0.0643. The molecular formula is C20H22N4O3S. The van der Waals surface area contributed by atoms with Crippen LogP contribution in [0.4, 0.5) is 0 Å². The van der Waals surface area contributed by atoms with Crippen LogP contribution in [0.2, 0.25) is 0 Å². The average molecular weight is 398 g/mol. The van der Waals surface area contributed by atoms with Gasteiger partial charge in [-0.05, 0) is 44.0 Å². The lowest BCUT2D eigenvalue weighted by molar-refractivity contribution is 0.101. The van der Waals surface area contributed by atoms with E-state index in [4.69, 9.17) is 0 Å². The fourth-order valence-electron chi connectivity index (χ4n) is 3.81. The highest BCUT2D eigenvalue weighted by atomic mass is 32.2. The molecular weight excluding hydrogens is 376 g/mol. The van der Waals surface area contributed by atoms with Gasteiger partial charge in [-0.25, -0.2) is 13.4 Å². The van der Waals surface area contributed by atoms with E-state index in [1.165, 1.54) is 23.4 Å². The van der Waals surface area contributed by atoms with Crippen molar-refractivity contribution in [2.45, 2.75) is 30.6 Å². The van der Waals surface area contributed by atoms with Gasteiger partial charge < -0.3 is 0 Å². The number of ketones is 1. The van der Waals surface area contributed by atoms with Crippen LogP contribution in [0.3, 0.4) is 0 Å². The molecule has 28 heavy (non-hydrogen) atoms. The molecule has 0 saturated carbocycles. The van der Waals surface area contributed by atoms with Crippen LogP contribution in [0, 0.1) is 0 Å². The molecule has 2 aromatic heterocycles. The van der Waals surface area contributed by atoms with Crippen molar-refractivity contribution in [3.05, 3.63) is 53.9 Å². The molecule has 1 aliphatic heterocycles. The third kappa shape index (κ3) is 3.22. The van der Waals surface area contributed by atoms with E-state index >= 15 is 0 Å². The van der Waals surface area contributed by atoms with Crippen molar-refractivity contribution in [1.82, 2.24) is 19.1 Å². The van der Waals surface area contributed by atoms with Gasteiger partial charge in [-0.3, -0.25) is 9.48 Å². The number of rotatable bonds is 4. The average Bonchev–Trinajstić information content (AvgIpc) is 3.05. The van der Waals surface area contributed by atoms with Crippen LogP contribution in [0.5, 0.6) is 0 Å². The summed E-state index contributed by atoms with van der Waals surface area (Å²) in [7, 11) is -1.77. The van der Waals surface area contributed by atoms with Crippen LogP contribution in [-0.4, -0.2) is 46.4 Å². The quantitative estimate of drug-likeness (QED) is 0.631. The van der Waals surface area contributed by atoms with Gasteiger partial charge in [0.2, 0.25) is 10.0 Å². The molecule has 1 aliphatic rings. The van der Waals surface area contributed by atoms with E-state index in [1.807, 2.05) is 19.2 Å². The highest BCUT2D eigenvalue weighted by Gasteiger charge is 2.33. The molecule has 0 radical (unpaired) electrons. The first-order chi connectivity index (χ1) is 13.4. The predicted octanol–water partition coefficient (Wildman–Crippen LogP) is 2.74.